The van der Waals surface area contributed by atoms with Gasteiger partial charge in [0.2, 0.25) is 5.95 Å². The lowest BCUT2D eigenvalue weighted by molar-refractivity contribution is -0.143. The highest BCUT2D eigenvalue weighted by Gasteiger charge is 2.54. The van der Waals surface area contributed by atoms with Gasteiger partial charge < -0.3 is 10.5 Å². The number of nitrogens with zero attached hydrogens (tertiary/aromatic N) is 4. The van der Waals surface area contributed by atoms with Gasteiger partial charge in [0.1, 0.15) is 16.8 Å². The zero-order valence-electron chi connectivity index (χ0n) is 17.3. The van der Waals surface area contributed by atoms with Gasteiger partial charge in [-0.05, 0) is 30.2 Å². The number of amides is 1. The summed E-state index contributed by atoms with van der Waals surface area (Å²) in [7, 11) is 1.37. The van der Waals surface area contributed by atoms with E-state index in [9.17, 15) is 9.59 Å². The molecule has 0 bridgehead atoms. The molecule has 0 unspecified atom stereocenters. The smallest absolute Gasteiger partial charge is 0.317 e. The first kappa shape index (κ1) is 19.6. The van der Waals surface area contributed by atoms with Gasteiger partial charge in [0.25, 0.3) is 5.91 Å². The minimum atomic E-state index is -0.674. The van der Waals surface area contributed by atoms with E-state index in [4.69, 9.17) is 10.5 Å². The van der Waals surface area contributed by atoms with E-state index in [-0.39, 0.29) is 23.2 Å². The fourth-order valence-electron chi connectivity index (χ4n) is 4.25. The predicted molar refractivity (Wildman–Crippen MR) is 114 cm³/mol. The molecule has 3 aromatic heterocycles. The molecule has 0 spiro atoms. The topological polar surface area (TPSA) is 149 Å². The fourth-order valence-corrected chi connectivity index (χ4v) is 5.06. The number of rotatable bonds is 4. The minimum absolute atomic E-state index is 0.160. The molecule has 1 saturated carbocycles. The molecule has 0 atom stereocenters. The van der Waals surface area contributed by atoms with Crippen molar-refractivity contribution < 1.29 is 14.3 Å². The maximum atomic E-state index is 13.1. The molecule has 1 fully saturated rings. The average molecular weight is 440 g/mol. The lowest BCUT2D eigenvalue weighted by Gasteiger charge is -2.30. The quantitative estimate of drug-likeness (QED) is 0.524. The van der Waals surface area contributed by atoms with Crippen LogP contribution in [0.3, 0.4) is 0 Å². The number of methoxy groups -OCH3 is 1. The van der Waals surface area contributed by atoms with E-state index < -0.39 is 5.41 Å². The molecule has 4 N–H and O–H groups in total. The molecule has 5 rings (SSSR count). The maximum Gasteiger partial charge on any atom is 0.317 e. The summed E-state index contributed by atoms with van der Waals surface area (Å²) in [5.41, 5.74) is 8.68. The molecule has 0 aliphatic heterocycles. The summed E-state index contributed by atoms with van der Waals surface area (Å²) in [5.74, 6) is -0.482. The number of H-pyrrole nitrogens is 1. The number of anilines is 2. The fraction of sp³-hybridized carbons (Fsp3) is 0.400. The van der Waals surface area contributed by atoms with Gasteiger partial charge in [0, 0.05) is 17.1 Å². The normalized spacial score (nSPS) is 17.4. The molecule has 0 aromatic carbocycles. The third-order valence-corrected chi connectivity index (χ3v) is 6.71. The largest absolute Gasteiger partial charge is 0.468 e. The summed E-state index contributed by atoms with van der Waals surface area (Å²) in [4.78, 5) is 38.1. The molecule has 3 heterocycles. The monoisotopic (exact) mass is 439 g/mol. The molecule has 160 valence electrons. The van der Waals surface area contributed by atoms with Gasteiger partial charge in [-0.25, -0.2) is 15.0 Å². The molecule has 10 nitrogen and oxygen atoms in total. The summed E-state index contributed by atoms with van der Waals surface area (Å²) in [6.07, 6.45) is 3.76. The second kappa shape index (κ2) is 6.58. The van der Waals surface area contributed by atoms with Gasteiger partial charge in [-0.2, -0.15) is 5.10 Å². The first-order chi connectivity index (χ1) is 14.7. The Hall–Kier alpha value is -3.34. The Balaban J connectivity index is 1.46. The van der Waals surface area contributed by atoms with Gasteiger partial charge in [0.15, 0.2) is 5.13 Å². The van der Waals surface area contributed by atoms with Crippen molar-refractivity contribution >= 4 is 34.3 Å². The van der Waals surface area contributed by atoms with Gasteiger partial charge in [-0.3, -0.25) is 20.0 Å². The number of nitrogens with one attached hydrogen (secondary N) is 2. The van der Waals surface area contributed by atoms with Crippen molar-refractivity contribution in [2.24, 2.45) is 0 Å². The Morgan fingerprint density at radius 3 is 2.74 bits per heavy atom. The van der Waals surface area contributed by atoms with Gasteiger partial charge in [-0.1, -0.05) is 13.8 Å². The van der Waals surface area contributed by atoms with E-state index in [2.05, 4.69) is 30.5 Å². The van der Waals surface area contributed by atoms with Crippen LogP contribution in [0, 0.1) is 0 Å². The standard InChI is InChI=1S/C20H21N7O3S/c1-19(2)6-9-7-22-17(21)24-12(9)13-11(19)14(27-26-13)15(28)25-18-23-10(8-31-18)20(4-5-20)16(29)30-3/h7-8H,4-6H2,1-3H3,(H,26,27)(H2,21,22,24)(H,23,25,28). The Morgan fingerprint density at radius 1 is 1.26 bits per heavy atom. The van der Waals surface area contributed by atoms with Crippen LogP contribution in [-0.4, -0.2) is 44.1 Å². The zero-order valence-corrected chi connectivity index (χ0v) is 18.1. The number of hydrogen-bond donors (Lipinski definition) is 3. The molecular weight excluding hydrogens is 418 g/mol. The van der Waals surface area contributed by atoms with E-state index in [0.29, 0.717) is 47.2 Å². The first-order valence-electron chi connectivity index (χ1n) is 9.81. The molecule has 0 saturated heterocycles. The number of thiazole rings is 1. The Labute approximate surface area is 181 Å². The molecule has 0 radical (unpaired) electrons. The summed E-state index contributed by atoms with van der Waals surface area (Å²) in [6.45, 7) is 4.10. The highest BCUT2D eigenvalue weighted by molar-refractivity contribution is 7.14. The lowest BCUT2D eigenvalue weighted by atomic mass is 9.73. The van der Waals surface area contributed by atoms with Crippen LogP contribution in [0.5, 0.6) is 0 Å². The highest BCUT2D eigenvalue weighted by Crippen LogP contribution is 2.49. The summed E-state index contributed by atoms with van der Waals surface area (Å²) in [5, 5.41) is 12.3. The molecular formula is C20H21N7O3S. The van der Waals surface area contributed by atoms with E-state index >= 15 is 0 Å². The summed E-state index contributed by atoms with van der Waals surface area (Å²) >= 11 is 1.28. The van der Waals surface area contributed by atoms with Crippen LogP contribution in [0.15, 0.2) is 11.6 Å². The van der Waals surface area contributed by atoms with E-state index in [1.807, 2.05) is 13.8 Å². The molecule has 31 heavy (non-hydrogen) atoms. The maximum absolute atomic E-state index is 13.1. The number of nitrogen functional groups attached to an aromatic ring is 1. The third-order valence-electron chi connectivity index (χ3n) is 5.95. The van der Waals surface area contributed by atoms with Crippen LogP contribution < -0.4 is 11.1 Å². The van der Waals surface area contributed by atoms with Crippen molar-refractivity contribution in [2.45, 2.75) is 43.9 Å². The molecule has 2 aliphatic carbocycles. The number of aromatic amines is 1. The van der Waals surface area contributed by atoms with Crippen molar-refractivity contribution in [3.8, 4) is 11.4 Å². The average Bonchev–Trinajstić information content (AvgIpc) is 3.18. The second-order valence-electron chi connectivity index (χ2n) is 8.55. The van der Waals surface area contributed by atoms with E-state index in [1.165, 1.54) is 18.4 Å². The Bertz CT molecular complexity index is 1230. The number of aromatic nitrogens is 5. The van der Waals surface area contributed by atoms with Gasteiger partial charge in [-0.15, -0.1) is 11.3 Å². The van der Waals surface area contributed by atoms with Crippen LogP contribution in [0.25, 0.3) is 11.4 Å². The molecule has 1 amide bonds. The van der Waals surface area contributed by atoms with Crippen molar-refractivity contribution in [1.82, 2.24) is 25.1 Å². The number of nitrogens with two attached hydrogens (primary N) is 1. The van der Waals surface area contributed by atoms with Gasteiger partial charge >= 0.3 is 5.97 Å². The Kier molecular flexibility index (Phi) is 4.16. The number of fused-ring (bicyclic) bond motifs is 3. The zero-order chi connectivity index (χ0) is 22.0. The Morgan fingerprint density at radius 2 is 2.03 bits per heavy atom. The van der Waals surface area contributed by atoms with Crippen molar-refractivity contribution in [3.05, 3.63) is 34.1 Å². The van der Waals surface area contributed by atoms with Crippen LogP contribution in [0.4, 0.5) is 11.1 Å². The molecule has 11 heteroatoms. The predicted octanol–water partition coefficient (Wildman–Crippen LogP) is 2.20. The number of ether oxygens (including phenoxy) is 1. The SMILES string of the molecule is COC(=O)C1(c2csc(NC(=O)c3[nH]nc4c3C(C)(C)Cc3cnc(N)nc3-4)n2)CC1. The van der Waals surface area contributed by atoms with Crippen LogP contribution in [-0.2, 0) is 26.8 Å². The van der Waals surface area contributed by atoms with Crippen LogP contribution in [0.1, 0.15) is 54.0 Å². The first-order valence-corrected chi connectivity index (χ1v) is 10.7. The third kappa shape index (κ3) is 2.99. The summed E-state index contributed by atoms with van der Waals surface area (Å²) in [6, 6.07) is 0. The van der Waals surface area contributed by atoms with Crippen LogP contribution >= 0.6 is 11.3 Å². The van der Waals surface area contributed by atoms with E-state index in [0.717, 1.165) is 11.1 Å². The van der Waals surface area contributed by atoms with Crippen LogP contribution in [0.2, 0.25) is 0 Å². The van der Waals surface area contributed by atoms with Crippen molar-refractivity contribution in [2.75, 3.05) is 18.2 Å². The minimum Gasteiger partial charge on any atom is -0.468 e. The number of hydrogen-bond acceptors (Lipinski definition) is 9. The van der Waals surface area contributed by atoms with Gasteiger partial charge in [0.05, 0.1) is 18.5 Å². The molecule has 3 aromatic rings. The van der Waals surface area contributed by atoms with Crippen molar-refractivity contribution in [3.63, 3.8) is 0 Å². The van der Waals surface area contributed by atoms with E-state index in [1.54, 1.807) is 11.6 Å². The highest BCUT2D eigenvalue weighted by atomic mass is 32.1. The summed E-state index contributed by atoms with van der Waals surface area (Å²) < 4.78 is 4.91. The number of carbonyl (C=O) groups is 2. The second-order valence-corrected chi connectivity index (χ2v) is 9.41. The molecule has 2 aliphatic rings. The number of carbonyl (C=O) groups excluding carboxylic acids is 2. The lowest BCUT2D eigenvalue weighted by Crippen LogP contribution is -2.29. The number of esters is 1. The van der Waals surface area contributed by atoms with Crippen molar-refractivity contribution in [1.29, 1.82) is 0 Å².